The smallest absolute Gasteiger partial charge is 0.322 e. The zero-order valence-electron chi connectivity index (χ0n) is 10.3. The van der Waals surface area contributed by atoms with E-state index in [2.05, 4.69) is 5.32 Å². The monoisotopic (exact) mass is 278 g/mol. The van der Waals surface area contributed by atoms with Crippen molar-refractivity contribution in [1.82, 2.24) is 9.62 Å². The Morgan fingerprint density at radius 3 is 2.67 bits per heavy atom. The lowest BCUT2D eigenvalue weighted by molar-refractivity contribution is -0.138. The summed E-state index contributed by atoms with van der Waals surface area (Å²) in [5.41, 5.74) is 0. The van der Waals surface area contributed by atoms with Gasteiger partial charge in [-0.3, -0.25) is 9.59 Å². The number of nitrogens with one attached hydrogen (secondary N) is 1. The Morgan fingerprint density at radius 1 is 1.44 bits per heavy atom. The summed E-state index contributed by atoms with van der Waals surface area (Å²) < 4.78 is 25.0. The summed E-state index contributed by atoms with van der Waals surface area (Å²) in [5, 5.41) is 10.7. The van der Waals surface area contributed by atoms with Crippen molar-refractivity contribution in [2.24, 2.45) is 0 Å². The van der Waals surface area contributed by atoms with Crippen molar-refractivity contribution >= 4 is 21.9 Å². The van der Waals surface area contributed by atoms with Gasteiger partial charge in [0.25, 0.3) is 0 Å². The Bertz CT molecular complexity index is 420. The van der Waals surface area contributed by atoms with E-state index < -0.39 is 34.5 Å². The normalized spacial score (nSPS) is 20.8. The minimum atomic E-state index is -3.42. The minimum absolute atomic E-state index is 0.00963. The van der Waals surface area contributed by atoms with E-state index in [9.17, 15) is 18.0 Å². The second-order valence-electron chi connectivity index (χ2n) is 4.20. The average Bonchev–Trinajstić information content (AvgIpc) is 2.75. The van der Waals surface area contributed by atoms with Gasteiger partial charge in [0.05, 0.1) is 5.75 Å². The number of rotatable bonds is 6. The fourth-order valence-corrected chi connectivity index (χ4v) is 3.74. The first-order valence-electron chi connectivity index (χ1n) is 5.87. The third kappa shape index (κ3) is 3.67. The lowest BCUT2D eigenvalue weighted by Crippen LogP contribution is -2.47. The molecular formula is C10H18N2O5S. The van der Waals surface area contributed by atoms with E-state index in [1.807, 2.05) is 0 Å². The zero-order valence-corrected chi connectivity index (χ0v) is 11.1. The van der Waals surface area contributed by atoms with Crippen LogP contribution in [0.4, 0.5) is 0 Å². The number of carboxylic acids is 1. The van der Waals surface area contributed by atoms with Crippen molar-refractivity contribution in [3.05, 3.63) is 0 Å². The predicted molar refractivity (Wildman–Crippen MR) is 64.5 cm³/mol. The molecule has 104 valence electrons. The van der Waals surface area contributed by atoms with Crippen LogP contribution in [0.15, 0.2) is 0 Å². The first-order valence-corrected chi connectivity index (χ1v) is 7.48. The van der Waals surface area contributed by atoms with Crippen molar-refractivity contribution in [2.75, 3.05) is 18.8 Å². The second-order valence-corrected chi connectivity index (χ2v) is 6.24. The Kier molecular flexibility index (Phi) is 5.09. The number of amides is 1. The predicted octanol–water partition coefficient (Wildman–Crippen LogP) is -0.609. The van der Waals surface area contributed by atoms with Gasteiger partial charge in [-0.25, -0.2) is 8.42 Å². The molecule has 1 amide bonds. The van der Waals surface area contributed by atoms with E-state index in [-0.39, 0.29) is 5.75 Å². The average molecular weight is 278 g/mol. The van der Waals surface area contributed by atoms with Crippen LogP contribution >= 0.6 is 0 Å². The molecule has 0 bridgehead atoms. The first-order chi connectivity index (χ1) is 8.38. The van der Waals surface area contributed by atoms with Crippen LogP contribution < -0.4 is 5.32 Å². The van der Waals surface area contributed by atoms with Gasteiger partial charge in [0, 0.05) is 6.54 Å². The Morgan fingerprint density at radius 2 is 2.11 bits per heavy atom. The Labute approximate surface area is 106 Å². The molecule has 0 aliphatic carbocycles. The molecule has 1 rings (SSSR count). The molecule has 1 aliphatic rings. The van der Waals surface area contributed by atoms with Crippen molar-refractivity contribution in [2.45, 2.75) is 32.2 Å². The fraction of sp³-hybridized carbons (Fsp3) is 0.800. The third-order valence-corrected chi connectivity index (χ3v) is 4.82. The van der Waals surface area contributed by atoms with Gasteiger partial charge in [-0.1, -0.05) is 6.92 Å². The van der Waals surface area contributed by atoms with Crippen LogP contribution in [-0.4, -0.2) is 54.6 Å². The summed E-state index contributed by atoms with van der Waals surface area (Å²) in [6, 6.07) is -0.763. The van der Waals surface area contributed by atoms with E-state index in [4.69, 9.17) is 5.11 Å². The molecule has 7 nitrogen and oxygen atoms in total. The molecule has 2 N–H and O–H groups in total. The van der Waals surface area contributed by atoms with Crippen LogP contribution in [0.25, 0.3) is 0 Å². The van der Waals surface area contributed by atoms with Gasteiger partial charge >= 0.3 is 5.97 Å². The molecular weight excluding hydrogens is 260 g/mol. The molecule has 0 saturated carbocycles. The molecule has 1 saturated heterocycles. The molecule has 0 aromatic carbocycles. The molecule has 0 aromatic rings. The number of sulfonamides is 1. The Balaban J connectivity index is 2.70. The Hall–Kier alpha value is -1.15. The van der Waals surface area contributed by atoms with Crippen LogP contribution in [0.5, 0.6) is 0 Å². The van der Waals surface area contributed by atoms with Crippen molar-refractivity contribution in [3.63, 3.8) is 0 Å². The van der Waals surface area contributed by atoms with Gasteiger partial charge in [-0.2, -0.15) is 4.31 Å². The van der Waals surface area contributed by atoms with E-state index in [1.165, 1.54) is 4.31 Å². The molecule has 0 aromatic heterocycles. The molecule has 1 atom stereocenters. The summed E-state index contributed by atoms with van der Waals surface area (Å²) in [7, 11) is -3.42. The lowest BCUT2D eigenvalue weighted by atomic mass is 10.2. The molecule has 8 heteroatoms. The topological polar surface area (TPSA) is 104 Å². The number of hydrogen-bond acceptors (Lipinski definition) is 4. The summed E-state index contributed by atoms with van der Waals surface area (Å²) in [6.07, 6.45) is 1.55. The molecule has 1 aliphatic heterocycles. The largest absolute Gasteiger partial charge is 0.480 e. The molecule has 1 heterocycles. The van der Waals surface area contributed by atoms with Crippen molar-refractivity contribution in [1.29, 1.82) is 0 Å². The fourth-order valence-electron chi connectivity index (χ4n) is 1.99. The van der Waals surface area contributed by atoms with Crippen LogP contribution in [0.3, 0.4) is 0 Å². The van der Waals surface area contributed by atoms with Crippen LogP contribution in [0.1, 0.15) is 26.2 Å². The molecule has 0 radical (unpaired) electrons. The van der Waals surface area contributed by atoms with Crippen LogP contribution in [0.2, 0.25) is 0 Å². The van der Waals surface area contributed by atoms with Crippen molar-refractivity contribution < 1.29 is 23.1 Å². The molecule has 18 heavy (non-hydrogen) atoms. The highest BCUT2D eigenvalue weighted by Gasteiger charge is 2.37. The van der Waals surface area contributed by atoms with Gasteiger partial charge in [0.15, 0.2) is 0 Å². The SMILES string of the molecule is CCCS(=O)(=O)N1CCCC1C(=O)NCC(=O)O. The van der Waals surface area contributed by atoms with Crippen LogP contribution in [0, 0.1) is 0 Å². The summed E-state index contributed by atoms with van der Waals surface area (Å²) >= 11 is 0. The van der Waals surface area contributed by atoms with E-state index in [0.29, 0.717) is 25.8 Å². The van der Waals surface area contributed by atoms with E-state index >= 15 is 0 Å². The molecule has 1 fully saturated rings. The number of carboxylic acid groups (broad SMARTS) is 1. The number of nitrogens with zero attached hydrogens (tertiary/aromatic N) is 1. The summed E-state index contributed by atoms with van der Waals surface area (Å²) in [6.45, 7) is 1.59. The van der Waals surface area contributed by atoms with Gasteiger partial charge in [-0.05, 0) is 19.3 Å². The maximum absolute atomic E-state index is 11.9. The number of carbonyl (C=O) groups excluding carboxylic acids is 1. The van der Waals surface area contributed by atoms with E-state index in [0.717, 1.165) is 0 Å². The molecule has 0 spiro atoms. The lowest BCUT2D eigenvalue weighted by Gasteiger charge is -2.22. The highest BCUT2D eigenvalue weighted by molar-refractivity contribution is 7.89. The summed E-state index contributed by atoms with van der Waals surface area (Å²) in [5.74, 6) is -1.67. The zero-order chi connectivity index (χ0) is 13.8. The van der Waals surface area contributed by atoms with E-state index in [1.54, 1.807) is 6.92 Å². The maximum Gasteiger partial charge on any atom is 0.322 e. The van der Waals surface area contributed by atoms with Gasteiger partial charge in [0.1, 0.15) is 12.6 Å². The standard InChI is InChI=1S/C10H18N2O5S/c1-2-6-18(16,17)12-5-3-4-8(12)10(15)11-7-9(13)14/h8H,2-7H2,1H3,(H,11,15)(H,13,14). The van der Waals surface area contributed by atoms with Gasteiger partial charge in [0.2, 0.25) is 15.9 Å². The number of hydrogen-bond donors (Lipinski definition) is 2. The van der Waals surface area contributed by atoms with Crippen LogP contribution in [-0.2, 0) is 19.6 Å². The first kappa shape index (κ1) is 14.9. The second kappa shape index (κ2) is 6.14. The minimum Gasteiger partial charge on any atom is -0.480 e. The number of aliphatic carboxylic acids is 1. The number of carbonyl (C=O) groups is 2. The summed E-state index contributed by atoms with van der Waals surface area (Å²) in [4.78, 5) is 22.1. The van der Waals surface area contributed by atoms with Crippen molar-refractivity contribution in [3.8, 4) is 0 Å². The maximum atomic E-state index is 11.9. The quantitative estimate of drug-likeness (QED) is 0.674. The highest BCUT2D eigenvalue weighted by atomic mass is 32.2. The van der Waals surface area contributed by atoms with Gasteiger partial charge < -0.3 is 10.4 Å². The third-order valence-electron chi connectivity index (χ3n) is 2.74. The molecule has 1 unspecified atom stereocenters. The highest BCUT2D eigenvalue weighted by Crippen LogP contribution is 2.21. The van der Waals surface area contributed by atoms with Gasteiger partial charge in [-0.15, -0.1) is 0 Å².